The minimum absolute atomic E-state index is 0.285. The summed E-state index contributed by atoms with van der Waals surface area (Å²) in [6.07, 6.45) is 13.0. The molecule has 4 N–H and O–H groups in total. The molecule has 0 bridgehead atoms. The first-order valence-electron chi connectivity index (χ1n) is 11.5. The number of benzene rings is 1. The second kappa shape index (κ2) is 23.0. The molecule has 1 aromatic carbocycles. The highest BCUT2D eigenvalue weighted by molar-refractivity contribution is 6.05. The number of nitrogens with zero attached hydrogens (tertiary/aromatic N) is 1. The van der Waals surface area contributed by atoms with Gasteiger partial charge in [0.15, 0.2) is 6.29 Å². The maximum Gasteiger partial charge on any atom is 0.274 e. The molecule has 0 aliphatic heterocycles. The van der Waals surface area contributed by atoms with E-state index in [1.54, 1.807) is 19.2 Å². The van der Waals surface area contributed by atoms with Gasteiger partial charge in [0, 0.05) is 31.0 Å². The number of rotatable bonds is 15. The molecule has 1 amide bonds. The zero-order chi connectivity index (χ0) is 24.6. The molecule has 182 valence electrons. The fourth-order valence-corrected chi connectivity index (χ4v) is 2.97. The molecule has 0 heterocycles. The lowest BCUT2D eigenvalue weighted by Crippen LogP contribution is -2.37. The molecule has 0 fully saturated rings. The number of carbonyl (C=O) groups excluding carboxylic acids is 3. The molecule has 0 aliphatic carbocycles. The zero-order valence-corrected chi connectivity index (χ0v) is 20.3. The molecule has 0 unspecified atom stereocenters. The highest BCUT2D eigenvalue weighted by atomic mass is 16.2. The van der Waals surface area contributed by atoms with Gasteiger partial charge in [0.25, 0.3) is 5.91 Å². The average Bonchev–Trinajstić information content (AvgIpc) is 2.82. The molecule has 0 spiro atoms. The van der Waals surface area contributed by atoms with Crippen molar-refractivity contribution in [1.82, 2.24) is 10.4 Å². The molecular weight excluding hydrogens is 404 g/mol. The molecule has 1 rings (SSSR count). The standard InChI is InChI=1S/C19H30N4O2.C5H12.CH2O/c1-3-22-23(2)19(25)18-16(15-24)11-10-12-17(18)21-14-9-7-5-4-6-8-13-20;1-3-5-4-2;1-2/h3,10-12,15,21-22H,1,4-9,13-14,20H2,2H3;3-5H2,1-2H3;1H2. The van der Waals surface area contributed by atoms with Gasteiger partial charge in [-0.1, -0.05) is 77.5 Å². The van der Waals surface area contributed by atoms with E-state index in [1.165, 1.54) is 49.7 Å². The van der Waals surface area contributed by atoms with Crippen LogP contribution in [0.25, 0.3) is 0 Å². The van der Waals surface area contributed by atoms with Crippen molar-refractivity contribution in [3.63, 3.8) is 0 Å². The molecule has 0 saturated carbocycles. The van der Waals surface area contributed by atoms with E-state index in [2.05, 4.69) is 31.2 Å². The molecule has 0 aromatic heterocycles. The van der Waals surface area contributed by atoms with E-state index in [4.69, 9.17) is 10.5 Å². The van der Waals surface area contributed by atoms with Crippen molar-refractivity contribution >= 4 is 24.7 Å². The van der Waals surface area contributed by atoms with Gasteiger partial charge >= 0.3 is 0 Å². The minimum Gasteiger partial charge on any atom is -0.384 e. The van der Waals surface area contributed by atoms with Crippen molar-refractivity contribution in [2.75, 3.05) is 25.5 Å². The predicted octanol–water partition coefficient (Wildman–Crippen LogP) is 4.94. The van der Waals surface area contributed by atoms with E-state index in [9.17, 15) is 9.59 Å². The number of hydrazine groups is 1. The Kier molecular flexibility index (Phi) is 22.7. The summed E-state index contributed by atoms with van der Waals surface area (Å²) in [6.45, 7) is 11.5. The number of hydrogen-bond donors (Lipinski definition) is 3. The predicted molar refractivity (Wildman–Crippen MR) is 135 cm³/mol. The van der Waals surface area contributed by atoms with Crippen molar-refractivity contribution in [2.45, 2.75) is 71.6 Å². The van der Waals surface area contributed by atoms with E-state index in [1.807, 2.05) is 12.9 Å². The van der Waals surface area contributed by atoms with Crippen LogP contribution in [-0.4, -0.2) is 44.1 Å². The topological polar surface area (TPSA) is 105 Å². The van der Waals surface area contributed by atoms with Crippen molar-refractivity contribution in [3.05, 3.63) is 42.1 Å². The van der Waals surface area contributed by atoms with E-state index < -0.39 is 0 Å². The SMILES string of the molecule is C=CNN(C)C(=O)c1c(C=O)cccc1NCCCCCCCCN.C=O.CCCCC. The van der Waals surface area contributed by atoms with Crippen molar-refractivity contribution in [3.8, 4) is 0 Å². The fourth-order valence-electron chi connectivity index (χ4n) is 2.97. The van der Waals surface area contributed by atoms with Crippen LogP contribution in [0.1, 0.15) is 92.4 Å². The lowest BCUT2D eigenvalue weighted by atomic mass is 10.0. The third kappa shape index (κ3) is 14.4. The number of anilines is 1. The summed E-state index contributed by atoms with van der Waals surface area (Å²) < 4.78 is 0. The Morgan fingerprint density at radius 1 is 1.03 bits per heavy atom. The summed E-state index contributed by atoms with van der Waals surface area (Å²) in [7, 11) is 1.59. The summed E-state index contributed by atoms with van der Waals surface area (Å²) >= 11 is 0. The molecule has 1 aromatic rings. The Hall–Kier alpha value is -2.67. The summed E-state index contributed by atoms with van der Waals surface area (Å²) in [4.78, 5) is 31.9. The van der Waals surface area contributed by atoms with Crippen LogP contribution in [0.5, 0.6) is 0 Å². The second-order valence-electron chi connectivity index (χ2n) is 7.28. The largest absolute Gasteiger partial charge is 0.384 e. The van der Waals surface area contributed by atoms with Crippen LogP contribution in [0, 0.1) is 0 Å². The lowest BCUT2D eigenvalue weighted by molar-refractivity contribution is -0.0980. The Labute approximate surface area is 194 Å². The van der Waals surface area contributed by atoms with Crippen LogP contribution < -0.4 is 16.5 Å². The smallest absolute Gasteiger partial charge is 0.274 e. The summed E-state index contributed by atoms with van der Waals surface area (Å²) in [5.41, 5.74) is 9.62. The third-order valence-corrected chi connectivity index (χ3v) is 4.68. The van der Waals surface area contributed by atoms with E-state index in [0.717, 1.165) is 32.4 Å². The second-order valence-corrected chi connectivity index (χ2v) is 7.28. The third-order valence-electron chi connectivity index (χ3n) is 4.68. The molecule has 0 radical (unpaired) electrons. The lowest BCUT2D eigenvalue weighted by Gasteiger charge is -2.20. The van der Waals surface area contributed by atoms with Crippen LogP contribution in [0.4, 0.5) is 5.69 Å². The molecule has 0 atom stereocenters. The molecule has 0 saturated heterocycles. The van der Waals surface area contributed by atoms with E-state index >= 15 is 0 Å². The Balaban J connectivity index is 0. The quantitative estimate of drug-likeness (QED) is 0.199. The highest BCUT2D eigenvalue weighted by Crippen LogP contribution is 2.21. The maximum absolute atomic E-state index is 12.6. The molecular formula is C25H44N4O3. The van der Waals surface area contributed by atoms with E-state index in [0.29, 0.717) is 23.1 Å². The van der Waals surface area contributed by atoms with Gasteiger partial charge in [-0.05, 0) is 25.5 Å². The number of hydrogen-bond acceptors (Lipinski definition) is 6. The number of nitrogens with one attached hydrogen (secondary N) is 2. The molecule has 0 aliphatic rings. The minimum atomic E-state index is -0.285. The van der Waals surface area contributed by atoms with Gasteiger partial charge in [-0.2, -0.15) is 0 Å². The monoisotopic (exact) mass is 448 g/mol. The fraction of sp³-hybridized carbons (Fsp3) is 0.560. The number of aldehydes is 1. The van der Waals surface area contributed by atoms with Gasteiger partial charge in [0.05, 0.1) is 5.56 Å². The van der Waals surface area contributed by atoms with Crippen LogP contribution in [0.2, 0.25) is 0 Å². The first-order chi connectivity index (χ1) is 15.6. The number of unbranched alkanes of at least 4 members (excludes halogenated alkanes) is 7. The van der Waals surface area contributed by atoms with Gasteiger partial charge in [0.1, 0.15) is 6.79 Å². The van der Waals surface area contributed by atoms with Crippen LogP contribution in [-0.2, 0) is 4.79 Å². The summed E-state index contributed by atoms with van der Waals surface area (Å²) in [6, 6.07) is 5.24. The Morgan fingerprint density at radius 2 is 1.62 bits per heavy atom. The Morgan fingerprint density at radius 3 is 2.12 bits per heavy atom. The van der Waals surface area contributed by atoms with Gasteiger partial charge in [-0.25, -0.2) is 0 Å². The van der Waals surface area contributed by atoms with Crippen LogP contribution in [0.3, 0.4) is 0 Å². The first kappa shape index (κ1) is 31.5. The number of amides is 1. The van der Waals surface area contributed by atoms with Crippen molar-refractivity contribution in [1.29, 1.82) is 0 Å². The Bertz CT molecular complexity index is 621. The highest BCUT2D eigenvalue weighted by Gasteiger charge is 2.19. The summed E-state index contributed by atoms with van der Waals surface area (Å²) in [5.74, 6) is -0.285. The number of carbonyl (C=O) groups is 3. The first-order valence-corrected chi connectivity index (χ1v) is 11.5. The van der Waals surface area contributed by atoms with Gasteiger partial charge in [-0.3, -0.25) is 14.6 Å². The van der Waals surface area contributed by atoms with Crippen molar-refractivity contribution in [2.24, 2.45) is 5.73 Å². The van der Waals surface area contributed by atoms with E-state index in [-0.39, 0.29) is 5.91 Å². The maximum atomic E-state index is 12.6. The van der Waals surface area contributed by atoms with Gasteiger partial charge in [-0.15, -0.1) is 0 Å². The average molecular weight is 449 g/mol. The normalized spacial score (nSPS) is 9.38. The van der Waals surface area contributed by atoms with Crippen molar-refractivity contribution < 1.29 is 14.4 Å². The van der Waals surface area contributed by atoms with Crippen LogP contribution in [0.15, 0.2) is 31.0 Å². The molecule has 32 heavy (non-hydrogen) atoms. The molecule has 7 heteroatoms. The van der Waals surface area contributed by atoms with Gasteiger partial charge < -0.3 is 21.3 Å². The summed E-state index contributed by atoms with van der Waals surface area (Å²) in [5, 5.41) is 4.59. The zero-order valence-electron chi connectivity index (χ0n) is 20.3. The number of nitrogens with two attached hydrogens (primary N) is 1. The van der Waals surface area contributed by atoms with Gasteiger partial charge in [0.2, 0.25) is 0 Å². The van der Waals surface area contributed by atoms with Crippen LogP contribution >= 0.6 is 0 Å². The molecule has 7 nitrogen and oxygen atoms in total.